The second-order valence-corrected chi connectivity index (χ2v) is 8.50. The van der Waals surface area contributed by atoms with Gasteiger partial charge in [-0.25, -0.2) is 9.37 Å². The molecular formula is C23H23ClFN5O4. The number of hydrogen-bond acceptors (Lipinski definition) is 7. The molecule has 4 rings (SSSR count). The Hall–Kier alpha value is -3.53. The van der Waals surface area contributed by atoms with Gasteiger partial charge in [-0.15, -0.1) is 0 Å². The first-order valence-electron chi connectivity index (χ1n) is 10.8. The van der Waals surface area contributed by atoms with Crippen LogP contribution in [0.2, 0.25) is 5.02 Å². The van der Waals surface area contributed by atoms with Crippen molar-refractivity contribution in [3.05, 3.63) is 41.4 Å². The highest BCUT2D eigenvalue weighted by Gasteiger charge is 2.19. The lowest BCUT2D eigenvalue weighted by Crippen LogP contribution is -2.10. The van der Waals surface area contributed by atoms with E-state index in [0.717, 1.165) is 0 Å². The number of nitrogens with zero attached hydrogens (tertiary/aromatic N) is 5. The molecule has 0 fully saturated rings. The van der Waals surface area contributed by atoms with Crippen molar-refractivity contribution in [1.82, 2.24) is 24.9 Å². The van der Waals surface area contributed by atoms with Gasteiger partial charge < -0.3 is 14.4 Å². The Morgan fingerprint density at radius 3 is 2.79 bits per heavy atom. The average Bonchev–Trinajstić information content (AvgIpc) is 3.41. The van der Waals surface area contributed by atoms with Crippen molar-refractivity contribution in [3.8, 4) is 28.7 Å². The van der Waals surface area contributed by atoms with Crippen molar-refractivity contribution in [2.45, 2.75) is 52.2 Å². The smallest absolute Gasteiger partial charge is 0.303 e. The first kappa shape index (κ1) is 23.6. The summed E-state index contributed by atoms with van der Waals surface area (Å²) in [7, 11) is 0. The molecule has 4 aromatic rings. The zero-order valence-corrected chi connectivity index (χ0v) is 19.6. The van der Waals surface area contributed by atoms with Crippen LogP contribution in [-0.4, -0.2) is 42.1 Å². The van der Waals surface area contributed by atoms with Crippen LogP contribution in [0, 0.1) is 5.82 Å². The predicted octanol–water partition coefficient (Wildman–Crippen LogP) is 5.54. The summed E-state index contributed by atoms with van der Waals surface area (Å²) < 4.78 is 27.4. The van der Waals surface area contributed by atoms with E-state index in [4.69, 9.17) is 26.0 Å². The summed E-state index contributed by atoms with van der Waals surface area (Å²) in [6.45, 7) is 5.68. The van der Waals surface area contributed by atoms with Crippen LogP contribution in [0.3, 0.4) is 0 Å². The Morgan fingerprint density at radius 2 is 2.12 bits per heavy atom. The fraction of sp³-hybridized carbons (Fsp3) is 0.348. The van der Waals surface area contributed by atoms with Gasteiger partial charge >= 0.3 is 5.97 Å². The van der Waals surface area contributed by atoms with Crippen LogP contribution in [0.15, 0.2) is 35.1 Å². The molecule has 0 aliphatic rings. The first-order chi connectivity index (χ1) is 16.2. The van der Waals surface area contributed by atoms with E-state index < -0.39 is 11.8 Å². The van der Waals surface area contributed by atoms with Crippen molar-refractivity contribution >= 4 is 28.5 Å². The number of carboxylic acid groups (broad SMARTS) is 1. The van der Waals surface area contributed by atoms with E-state index in [0.29, 0.717) is 40.2 Å². The highest BCUT2D eigenvalue weighted by Crippen LogP contribution is 2.31. The van der Waals surface area contributed by atoms with Crippen LogP contribution in [0.1, 0.15) is 46.1 Å². The van der Waals surface area contributed by atoms with Crippen molar-refractivity contribution in [2.24, 2.45) is 0 Å². The number of pyridine rings is 1. The largest absolute Gasteiger partial charge is 0.481 e. The maximum absolute atomic E-state index is 14.9. The van der Waals surface area contributed by atoms with E-state index in [9.17, 15) is 9.18 Å². The second kappa shape index (κ2) is 9.76. The van der Waals surface area contributed by atoms with E-state index in [-0.39, 0.29) is 35.8 Å². The van der Waals surface area contributed by atoms with E-state index >= 15 is 0 Å². The number of aliphatic carboxylic acids is 1. The second-order valence-electron chi connectivity index (χ2n) is 8.10. The zero-order valence-electron chi connectivity index (χ0n) is 18.8. The number of fused-ring (bicyclic) bond motifs is 1. The maximum atomic E-state index is 14.9. The Kier molecular flexibility index (Phi) is 6.78. The van der Waals surface area contributed by atoms with Crippen LogP contribution >= 0.6 is 11.6 Å². The van der Waals surface area contributed by atoms with Gasteiger partial charge in [0.1, 0.15) is 10.8 Å². The summed E-state index contributed by atoms with van der Waals surface area (Å²) in [4.78, 5) is 19.4. The molecule has 3 aromatic heterocycles. The molecule has 9 nitrogen and oxygen atoms in total. The summed E-state index contributed by atoms with van der Waals surface area (Å²) in [6.07, 6.45) is 4.34. The monoisotopic (exact) mass is 487 g/mol. The molecule has 0 spiro atoms. The molecule has 178 valence electrons. The molecule has 34 heavy (non-hydrogen) atoms. The molecule has 0 aliphatic carbocycles. The van der Waals surface area contributed by atoms with Gasteiger partial charge in [-0.3, -0.25) is 9.48 Å². The van der Waals surface area contributed by atoms with Crippen LogP contribution in [0.25, 0.3) is 33.7 Å². The number of hydrogen-bond donors (Lipinski definition) is 1. The highest BCUT2D eigenvalue weighted by atomic mass is 35.5. The Morgan fingerprint density at radius 1 is 1.32 bits per heavy atom. The van der Waals surface area contributed by atoms with Crippen molar-refractivity contribution < 1.29 is 23.6 Å². The molecule has 0 saturated carbocycles. The summed E-state index contributed by atoms with van der Waals surface area (Å²) in [5, 5.41) is 18.3. The van der Waals surface area contributed by atoms with Gasteiger partial charge in [0, 0.05) is 30.3 Å². The molecule has 0 radical (unpaired) electrons. The Labute approximate surface area is 199 Å². The Bertz CT molecular complexity index is 1340. The quantitative estimate of drug-likeness (QED) is 0.327. The third-order valence-corrected chi connectivity index (χ3v) is 5.49. The molecule has 0 aliphatic heterocycles. The summed E-state index contributed by atoms with van der Waals surface area (Å²) in [5.41, 5.74) is 1.08. The molecule has 11 heteroatoms. The summed E-state index contributed by atoms with van der Waals surface area (Å²) >= 11 is 6.24. The topological polar surface area (TPSA) is 116 Å². The molecule has 1 N–H and O–H groups in total. The fourth-order valence-electron chi connectivity index (χ4n) is 3.54. The van der Waals surface area contributed by atoms with Gasteiger partial charge in [-0.05, 0) is 38.8 Å². The SMILES string of the molecule is CCC(CCC(=O)O)n1cc2cc(-c3noc(-c4cnc(OC(C)C)c(Cl)c4)n3)c(F)cc2n1. The molecule has 0 bridgehead atoms. The molecule has 0 saturated heterocycles. The summed E-state index contributed by atoms with van der Waals surface area (Å²) in [6, 6.07) is 4.39. The number of benzene rings is 1. The Balaban J connectivity index is 1.62. The van der Waals surface area contributed by atoms with Crippen LogP contribution in [-0.2, 0) is 4.79 Å². The number of rotatable bonds is 9. The third kappa shape index (κ3) is 5.01. The molecular weight excluding hydrogens is 465 g/mol. The van der Waals surface area contributed by atoms with E-state index in [1.54, 1.807) is 23.0 Å². The van der Waals surface area contributed by atoms with E-state index in [1.807, 2.05) is 20.8 Å². The van der Waals surface area contributed by atoms with E-state index in [1.165, 1.54) is 12.3 Å². The lowest BCUT2D eigenvalue weighted by atomic mass is 10.1. The molecule has 1 aromatic carbocycles. The first-order valence-corrected chi connectivity index (χ1v) is 11.2. The number of halogens is 2. The van der Waals surface area contributed by atoms with Crippen molar-refractivity contribution in [3.63, 3.8) is 0 Å². The van der Waals surface area contributed by atoms with E-state index in [2.05, 4.69) is 20.2 Å². The number of carboxylic acids is 1. The van der Waals surface area contributed by atoms with Gasteiger partial charge in [0.25, 0.3) is 5.89 Å². The molecule has 3 heterocycles. The minimum absolute atomic E-state index is 0.0312. The summed E-state index contributed by atoms with van der Waals surface area (Å²) in [5.74, 6) is -0.924. The molecule has 1 unspecified atom stereocenters. The lowest BCUT2D eigenvalue weighted by molar-refractivity contribution is -0.137. The third-order valence-electron chi connectivity index (χ3n) is 5.22. The predicted molar refractivity (Wildman–Crippen MR) is 123 cm³/mol. The molecule has 1 atom stereocenters. The van der Waals surface area contributed by atoms with Crippen molar-refractivity contribution in [2.75, 3.05) is 0 Å². The zero-order chi connectivity index (χ0) is 24.4. The number of ether oxygens (including phenoxy) is 1. The van der Waals surface area contributed by atoms with Crippen LogP contribution in [0.5, 0.6) is 5.88 Å². The van der Waals surface area contributed by atoms with Gasteiger partial charge in [0.05, 0.1) is 28.8 Å². The van der Waals surface area contributed by atoms with Crippen molar-refractivity contribution in [1.29, 1.82) is 0 Å². The molecule has 0 amide bonds. The van der Waals surface area contributed by atoms with Gasteiger partial charge in [-0.2, -0.15) is 10.1 Å². The number of carbonyl (C=O) groups is 1. The van der Waals surface area contributed by atoms with Crippen LogP contribution in [0.4, 0.5) is 4.39 Å². The average molecular weight is 488 g/mol. The van der Waals surface area contributed by atoms with Gasteiger partial charge in [-0.1, -0.05) is 23.7 Å². The standard InChI is InChI=1S/C23H23ClFN5O4/c1-4-15(5-6-20(31)32)30-11-14-7-16(18(25)9-19(14)28-30)21-27-22(34-29-21)13-8-17(24)23(26-10-13)33-12(2)3/h7-12,15H,4-6H2,1-3H3,(H,31,32). The maximum Gasteiger partial charge on any atom is 0.303 e. The minimum Gasteiger partial charge on any atom is -0.481 e. The highest BCUT2D eigenvalue weighted by molar-refractivity contribution is 6.32. The lowest BCUT2D eigenvalue weighted by Gasteiger charge is -2.13. The minimum atomic E-state index is -0.866. The van der Waals surface area contributed by atoms with Crippen LogP contribution < -0.4 is 4.74 Å². The van der Waals surface area contributed by atoms with Gasteiger partial charge in [0.15, 0.2) is 0 Å². The number of aromatic nitrogens is 5. The normalized spacial score (nSPS) is 12.4. The fourth-order valence-corrected chi connectivity index (χ4v) is 3.75. The van der Waals surface area contributed by atoms with Gasteiger partial charge in [0.2, 0.25) is 11.7 Å².